The van der Waals surface area contributed by atoms with E-state index in [9.17, 15) is 27.5 Å². The molecule has 0 saturated heterocycles. The molecule has 3 heterocycles. The van der Waals surface area contributed by atoms with Crippen molar-refractivity contribution in [3.05, 3.63) is 71.2 Å². The van der Waals surface area contributed by atoms with Crippen LogP contribution in [0.1, 0.15) is 29.0 Å². The van der Waals surface area contributed by atoms with E-state index in [0.29, 0.717) is 48.0 Å². The Morgan fingerprint density at radius 1 is 1.16 bits per heavy atom. The highest BCUT2D eigenvalue weighted by molar-refractivity contribution is 5.93. The number of carbonyl (C=O) groups is 1. The van der Waals surface area contributed by atoms with Crippen molar-refractivity contribution in [3.8, 4) is 17.2 Å². The summed E-state index contributed by atoms with van der Waals surface area (Å²) in [5, 5.41) is 18.5. The highest BCUT2D eigenvalue weighted by Crippen LogP contribution is 2.54. The number of fused-ring (bicyclic) bond motifs is 4. The van der Waals surface area contributed by atoms with Crippen LogP contribution in [0.25, 0.3) is 0 Å². The molecule has 192 valence electrons. The number of pyridine rings is 1. The minimum atomic E-state index is -4.85. The van der Waals surface area contributed by atoms with Gasteiger partial charge in [0.15, 0.2) is 6.35 Å². The van der Waals surface area contributed by atoms with Crippen molar-refractivity contribution >= 4 is 17.4 Å². The molecular weight excluding hydrogens is 496 g/mol. The summed E-state index contributed by atoms with van der Waals surface area (Å²) >= 11 is 0. The highest BCUT2D eigenvalue weighted by atomic mass is 19.4. The molecule has 37 heavy (non-hydrogen) atoms. The van der Waals surface area contributed by atoms with E-state index in [2.05, 4.69) is 20.9 Å². The lowest BCUT2D eigenvalue weighted by Gasteiger charge is -2.20. The van der Waals surface area contributed by atoms with Crippen molar-refractivity contribution in [2.75, 3.05) is 10.6 Å². The number of hydrogen-bond donors (Lipinski definition) is 4. The van der Waals surface area contributed by atoms with Gasteiger partial charge in [0, 0.05) is 35.3 Å². The summed E-state index contributed by atoms with van der Waals surface area (Å²) < 4.78 is 64.4. The molecule has 6 rings (SSSR count). The van der Waals surface area contributed by atoms with Gasteiger partial charge in [-0.2, -0.15) is 13.2 Å². The number of aliphatic hydroxyl groups excluding tert-OH is 1. The number of alkyl halides is 3. The van der Waals surface area contributed by atoms with Crippen LogP contribution in [-0.2, 0) is 17.4 Å². The van der Waals surface area contributed by atoms with Crippen LogP contribution >= 0.6 is 0 Å². The summed E-state index contributed by atoms with van der Waals surface area (Å²) in [6.07, 6.45) is -4.10. The predicted octanol–water partition coefficient (Wildman–Crippen LogP) is 4.12. The van der Waals surface area contributed by atoms with Gasteiger partial charge in [-0.1, -0.05) is 0 Å². The van der Waals surface area contributed by atoms with Crippen molar-refractivity contribution in [1.82, 2.24) is 10.3 Å². The number of rotatable bonds is 6. The molecule has 1 unspecified atom stereocenters. The van der Waals surface area contributed by atoms with Gasteiger partial charge in [0.2, 0.25) is 5.91 Å². The predicted molar refractivity (Wildman–Crippen MR) is 123 cm³/mol. The largest absolute Gasteiger partial charge is 0.488 e. The molecule has 4 atom stereocenters. The summed E-state index contributed by atoms with van der Waals surface area (Å²) in [4.78, 5) is 15.8. The third-order valence-corrected chi connectivity index (χ3v) is 6.58. The molecule has 1 aliphatic carbocycles. The third kappa shape index (κ3) is 4.42. The first-order chi connectivity index (χ1) is 17.7. The molecule has 0 radical (unpaired) electrons. The second-order valence-corrected chi connectivity index (χ2v) is 9.03. The van der Waals surface area contributed by atoms with Gasteiger partial charge in [-0.05, 0) is 48.9 Å². The summed E-state index contributed by atoms with van der Waals surface area (Å²) in [7, 11) is 0. The normalized spacial score (nSPS) is 22.2. The van der Waals surface area contributed by atoms with E-state index < -0.39 is 23.9 Å². The first-order valence-electron chi connectivity index (χ1n) is 11.5. The van der Waals surface area contributed by atoms with E-state index in [1.807, 2.05) is 6.07 Å². The number of benzene rings is 2. The van der Waals surface area contributed by atoms with E-state index in [0.717, 1.165) is 17.2 Å². The highest BCUT2D eigenvalue weighted by Gasteiger charge is 2.59. The second-order valence-electron chi connectivity index (χ2n) is 9.03. The van der Waals surface area contributed by atoms with E-state index in [1.165, 1.54) is 0 Å². The summed E-state index contributed by atoms with van der Waals surface area (Å²) in [6, 6.07) is 9.24. The second kappa shape index (κ2) is 8.60. The summed E-state index contributed by atoms with van der Waals surface area (Å²) in [5.74, 6) is 0.723. The molecule has 4 N–H and O–H groups in total. The molecule has 8 nitrogen and oxygen atoms in total. The van der Waals surface area contributed by atoms with Crippen LogP contribution in [0.4, 0.5) is 29.1 Å². The molecule has 1 amide bonds. The summed E-state index contributed by atoms with van der Waals surface area (Å²) in [5.41, 5.74) is 0.167. The Labute approximate surface area is 207 Å². The topological polar surface area (TPSA) is 105 Å². The van der Waals surface area contributed by atoms with Crippen LogP contribution in [0.5, 0.6) is 17.2 Å². The number of nitrogens with one attached hydrogen (secondary N) is 3. The SMILES string of the molecule is O=C1CCc2c(Oc3ccc4c(c3)[C@H]3[C@H](NC(O)Nc5ccc(F)c(C(F)(F)F)c5)[C@H]3O4)ccnc2N1. The Morgan fingerprint density at radius 3 is 2.81 bits per heavy atom. The van der Waals surface area contributed by atoms with Crippen LogP contribution in [0.2, 0.25) is 0 Å². The van der Waals surface area contributed by atoms with Crippen LogP contribution < -0.4 is 25.4 Å². The molecule has 1 aromatic heterocycles. The number of aromatic nitrogens is 1. The van der Waals surface area contributed by atoms with Crippen molar-refractivity contribution < 1.29 is 36.9 Å². The zero-order chi connectivity index (χ0) is 25.9. The number of anilines is 2. The Morgan fingerprint density at radius 2 is 2.00 bits per heavy atom. The minimum Gasteiger partial charge on any atom is -0.488 e. The fourth-order valence-electron chi connectivity index (χ4n) is 4.80. The van der Waals surface area contributed by atoms with Crippen LogP contribution in [-0.4, -0.2) is 34.5 Å². The zero-order valence-corrected chi connectivity index (χ0v) is 19.0. The molecule has 0 spiro atoms. The number of hydrogen-bond acceptors (Lipinski definition) is 7. The molecule has 0 bridgehead atoms. The van der Waals surface area contributed by atoms with E-state index in [1.54, 1.807) is 24.4 Å². The van der Waals surface area contributed by atoms with Crippen LogP contribution in [0, 0.1) is 5.82 Å². The lowest BCUT2D eigenvalue weighted by Crippen LogP contribution is -2.40. The smallest absolute Gasteiger partial charge is 0.419 e. The Kier molecular flexibility index (Phi) is 5.46. The lowest BCUT2D eigenvalue weighted by molar-refractivity contribution is -0.140. The molecule has 1 fully saturated rings. The fourth-order valence-corrected chi connectivity index (χ4v) is 4.80. The van der Waals surface area contributed by atoms with Gasteiger partial charge in [0.05, 0.1) is 11.6 Å². The molecular formula is C25H20F4N4O4. The van der Waals surface area contributed by atoms with Crippen molar-refractivity contribution in [2.45, 2.75) is 43.4 Å². The molecule has 3 aliphatic rings. The van der Waals surface area contributed by atoms with Gasteiger partial charge in [-0.3, -0.25) is 10.1 Å². The van der Waals surface area contributed by atoms with Crippen molar-refractivity contribution in [2.24, 2.45) is 0 Å². The van der Waals surface area contributed by atoms with Gasteiger partial charge < -0.3 is 25.2 Å². The van der Waals surface area contributed by atoms with Gasteiger partial charge in [-0.15, -0.1) is 0 Å². The zero-order valence-electron chi connectivity index (χ0n) is 19.0. The fraction of sp³-hybridized carbons (Fsp3) is 0.280. The quantitative estimate of drug-likeness (QED) is 0.289. The molecule has 3 aromatic rings. The monoisotopic (exact) mass is 516 g/mol. The van der Waals surface area contributed by atoms with Crippen LogP contribution in [0.3, 0.4) is 0 Å². The maximum atomic E-state index is 13.5. The average molecular weight is 516 g/mol. The van der Waals surface area contributed by atoms with Gasteiger partial charge in [-0.25, -0.2) is 9.37 Å². The number of carbonyl (C=O) groups excluding carboxylic acids is 1. The number of nitrogens with zero attached hydrogens (tertiary/aromatic N) is 1. The maximum Gasteiger partial charge on any atom is 0.419 e. The Hall–Kier alpha value is -3.90. The van der Waals surface area contributed by atoms with E-state index in [-0.39, 0.29) is 29.7 Å². The minimum absolute atomic E-state index is 0.0894. The maximum absolute atomic E-state index is 13.5. The molecule has 12 heteroatoms. The Bertz CT molecular complexity index is 1400. The molecule has 2 aliphatic heterocycles. The van der Waals surface area contributed by atoms with E-state index in [4.69, 9.17) is 9.47 Å². The average Bonchev–Trinajstić information content (AvgIpc) is 3.35. The lowest BCUT2D eigenvalue weighted by atomic mass is 10.1. The van der Waals surface area contributed by atoms with Gasteiger partial charge in [0.25, 0.3) is 0 Å². The molecule has 2 aromatic carbocycles. The van der Waals surface area contributed by atoms with Gasteiger partial charge >= 0.3 is 6.18 Å². The number of halogens is 4. The first kappa shape index (κ1) is 23.5. The first-order valence-corrected chi connectivity index (χ1v) is 11.5. The number of aliphatic hydroxyl groups is 1. The van der Waals surface area contributed by atoms with Gasteiger partial charge in [0.1, 0.15) is 35.0 Å². The van der Waals surface area contributed by atoms with Crippen molar-refractivity contribution in [1.29, 1.82) is 0 Å². The van der Waals surface area contributed by atoms with Crippen molar-refractivity contribution in [3.63, 3.8) is 0 Å². The standard InChI is InChI=1S/C25H20F4N4O4/c26-16-4-1-11(9-15(16)25(27,28)29)31-24(35)33-21-20-14-10-12(2-5-17(14)37-22(20)21)36-18-7-8-30-23-13(18)3-6-19(34)32-23/h1-2,4-5,7-10,20-22,24,31,33,35H,3,6H2,(H,30,32,34)/t20-,21-,22-,24?/m0/s1. The third-order valence-electron chi connectivity index (χ3n) is 6.58. The number of ether oxygens (including phenoxy) is 2. The van der Waals surface area contributed by atoms with Crippen LogP contribution in [0.15, 0.2) is 48.7 Å². The Balaban J connectivity index is 1.13. The van der Waals surface area contributed by atoms with E-state index >= 15 is 0 Å². The molecule has 1 saturated carbocycles. The number of amides is 1. The summed E-state index contributed by atoms with van der Waals surface area (Å²) in [6.45, 7) is 0.